The van der Waals surface area contributed by atoms with Gasteiger partial charge in [-0.1, -0.05) is 19.8 Å². The Morgan fingerprint density at radius 2 is 2.07 bits per heavy atom. The molecule has 1 atom stereocenters. The molecule has 1 saturated heterocycles. The minimum Gasteiger partial charge on any atom is -0.370 e. The van der Waals surface area contributed by atoms with E-state index in [2.05, 4.69) is 16.8 Å². The van der Waals surface area contributed by atoms with Gasteiger partial charge in [0.15, 0.2) is 5.96 Å². The normalized spacial score (nSPS) is 29.0. The lowest BCUT2D eigenvalue weighted by Crippen LogP contribution is -2.44. The van der Waals surface area contributed by atoms with Gasteiger partial charge < -0.3 is 10.6 Å². The van der Waals surface area contributed by atoms with E-state index in [0.29, 0.717) is 12.1 Å². The van der Waals surface area contributed by atoms with Crippen LogP contribution in [0.2, 0.25) is 0 Å². The molecular formula is C12H23N3. The van der Waals surface area contributed by atoms with Crippen LogP contribution in [0.1, 0.15) is 51.9 Å². The van der Waals surface area contributed by atoms with Crippen molar-refractivity contribution in [3.05, 3.63) is 0 Å². The molecule has 2 fully saturated rings. The fraction of sp³-hybridized carbons (Fsp3) is 0.917. The molecule has 0 aromatic carbocycles. The molecule has 2 rings (SSSR count). The van der Waals surface area contributed by atoms with Crippen molar-refractivity contribution >= 4 is 5.96 Å². The Kier molecular flexibility index (Phi) is 3.49. The quantitative estimate of drug-likeness (QED) is 0.559. The number of hydrogen-bond donors (Lipinski definition) is 1. The minimum absolute atomic E-state index is 0.547. The number of aliphatic imine (C=N–C) groups is 1. The highest BCUT2D eigenvalue weighted by Crippen LogP contribution is 2.25. The van der Waals surface area contributed by atoms with Crippen LogP contribution in [0.15, 0.2) is 4.99 Å². The number of hydrogen-bond acceptors (Lipinski definition) is 1. The van der Waals surface area contributed by atoms with Crippen LogP contribution >= 0.6 is 0 Å². The molecule has 0 amide bonds. The molecule has 0 spiro atoms. The third-order valence-corrected chi connectivity index (χ3v) is 3.50. The van der Waals surface area contributed by atoms with Crippen LogP contribution in [0, 0.1) is 0 Å². The van der Waals surface area contributed by atoms with Crippen molar-refractivity contribution in [1.82, 2.24) is 4.90 Å². The average molecular weight is 209 g/mol. The molecule has 1 saturated carbocycles. The monoisotopic (exact) mass is 209 g/mol. The highest BCUT2D eigenvalue weighted by Gasteiger charge is 2.25. The van der Waals surface area contributed by atoms with Gasteiger partial charge in [0.2, 0.25) is 0 Å². The van der Waals surface area contributed by atoms with Crippen molar-refractivity contribution in [2.45, 2.75) is 64.0 Å². The lowest BCUT2D eigenvalue weighted by Gasteiger charge is -2.30. The fourth-order valence-electron chi connectivity index (χ4n) is 2.37. The molecule has 1 unspecified atom stereocenters. The fourth-order valence-corrected chi connectivity index (χ4v) is 2.37. The lowest BCUT2D eigenvalue weighted by molar-refractivity contribution is 0.303. The van der Waals surface area contributed by atoms with E-state index >= 15 is 0 Å². The molecule has 0 bridgehead atoms. The first-order chi connectivity index (χ1) is 7.31. The Bertz CT molecular complexity index is 233. The van der Waals surface area contributed by atoms with Crippen molar-refractivity contribution in [2.24, 2.45) is 10.7 Å². The third-order valence-electron chi connectivity index (χ3n) is 3.50. The second kappa shape index (κ2) is 4.86. The molecule has 2 N–H and O–H groups in total. The first kappa shape index (κ1) is 10.8. The summed E-state index contributed by atoms with van der Waals surface area (Å²) >= 11 is 0. The maximum atomic E-state index is 6.10. The average Bonchev–Trinajstić information content (AvgIpc) is 3.02. The van der Waals surface area contributed by atoms with Gasteiger partial charge in [-0.25, -0.2) is 4.99 Å². The van der Waals surface area contributed by atoms with E-state index in [1.54, 1.807) is 0 Å². The van der Waals surface area contributed by atoms with Gasteiger partial charge in [-0.05, 0) is 32.1 Å². The zero-order chi connectivity index (χ0) is 10.7. The van der Waals surface area contributed by atoms with Gasteiger partial charge in [-0.3, -0.25) is 0 Å². The Hall–Kier alpha value is -0.730. The first-order valence-electron chi connectivity index (χ1n) is 6.41. The van der Waals surface area contributed by atoms with E-state index < -0.39 is 0 Å². The Balaban J connectivity index is 2.01. The number of likely N-dealkylation sites (tertiary alicyclic amines) is 1. The standard InChI is InChI=1S/C12H23N3/c1-2-11-6-4-3-5-9-15(11)12(13)14-10-7-8-10/h10-11H,2-9H2,1H3,(H2,13,14). The van der Waals surface area contributed by atoms with Gasteiger partial charge in [-0.15, -0.1) is 0 Å². The van der Waals surface area contributed by atoms with E-state index in [9.17, 15) is 0 Å². The van der Waals surface area contributed by atoms with Crippen LogP contribution in [0.25, 0.3) is 0 Å². The van der Waals surface area contributed by atoms with Gasteiger partial charge in [-0.2, -0.15) is 0 Å². The van der Waals surface area contributed by atoms with Crippen LogP contribution in [-0.2, 0) is 0 Å². The van der Waals surface area contributed by atoms with Crippen molar-refractivity contribution in [1.29, 1.82) is 0 Å². The molecule has 86 valence electrons. The number of nitrogens with zero attached hydrogens (tertiary/aromatic N) is 2. The summed E-state index contributed by atoms with van der Waals surface area (Å²) in [5, 5.41) is 0. The second-order valence-corrected chi connectivity index (χ2v) is 4.82. The summed E-state index contributed by atoms with van der Waals surface area (Å²) in [6, 6.07) is 1.18. The SMILES string of the molecule is CCC1CCCCCN1C(N)=NC1CC1. The highest BCUT2D eigenvalue weighted by molar-refractivity contribution is 5.78. The molecule has 3 nitrogen and oxygen atoms in total. The summed E-state index contributed by atoms with van der Waals surface area (Å²) in [5.74, 6) is 0.811. The van der Waals surface area contributed by atoms with E-state index in [-0.39, 0.29) is 0 Å². The molecule has 1 aliphatic carbocycles. The summed E-state index contributed by atoms with van der Waals surface area (Å²) in [6.45, 7) is 3.37. The third kappa shape index (κ3) is 2.86. The molecule has 1 heterocycles. The van der Waals surface area contributed by atoms with Crippen molar-refractivity contribution in [3.8, 4) is 0 Å². The summed E-state index contributed by atoms with van der Waals surface area (Å²) in [4.78, 5) is 6.92. The second-order valence-electron chi connectivity index (χ2n) is 4.82. The topological polar surface area (TPSA) is 41.6 Å². The summed E-state index contributed by atoms with van der Waals surface area (Å²) in [5.41, 5.74) is 6.10. The molecule has 3 heteroatoms. The van der Waals surface area contributed by atoms with Crippen LogP contribution < -0.4 is 5.73 Å². The van der Waals surface area contributed by atoms with Crippen molar-refractivity contribution < 1.29 is 0 Å². The Morgan fingerprint density at radius 1 is 1.27 bits per heavy atom. The molecule has 1 aliphatic heterocycles. The van der Waals surface area contributed by atoms with E-state index in [4.69, 9.17) is 5.73 Å². The molecule has 0 aromatic rings. The van der Waals surface area contributed by atoms with Crippen LogP contribution in [0.5, 0.6) is 0 Å². The smallest absolute Gasteiger partial charge is 0.191 e. The lowest BCUT2D eigenvalue weighted by atomic mass is 10.1. The summed E-state index contributed by atoms with van der Waals surface area (Å²) in [6.07, 6.45) is 8.95. The van der Waals surface area contributed by atoms with Gasteiger partial charge in [0.25, 0.3) is 0 Å². The van der Waals surface area contributed by atoms with Crippen molar-refractivity contribution in [3.63, 3.8) is 0 Å². The molecule has 0 aromatic heterocycles. The van der Waals surface area contributed by atoms with Crippen LogP contribution in [0.3, 0.4) is 0 Å². The highest BCUT2D eigenvalue weighted by atomic mass is 15.3. The van der Waals surface area contributed by atoms with E-state index in [1.165, 1.54) is 44.9 Å². The minimum atomic E-state index is 0.547. The number of rotatable bonds is 2. The zero-order valence-electron chi connectivity index (χ0n) is 9.78. The van der Waals surface area contributed by atoms with E-state index in [1.807, 2.05) is 0 Å². The van der Waals surface area contributed by atoms with Crippen molar-refractivity contribution in [2.75, 3.05) is 6.54 Å². The van der Waals surface area contributed by atoms with Crippen LogP contribution in [-0.4, -0.2) is 29.5 Å². The predicted octanol–water partition coefficient (Wildman–Crippen LogP) is 2.12. The maximum Gasteiger partial charge on any atom is 0.191 e. The molecule has 0 radical (unpaired) electrons. The molecule has 15 heavy (non-hydrogen) atoms. The van der Waals surface area contributed by atoms with Gasteiger partial charge in [0, 0.05) is 12.6 Å². The molecule has 2 aliphatic rings. The summed E-state index contributed by atoms with van der Waals surface area (Å²) < 4.78 is 0. The number of guanidine groups is 1. The summed E-state index contributed by atoms with van der Waals surface area (Å²) in [7, 11) is 0. The molecular weight excluding hydrogens is 186 g/mol. The Labute approximate surface area is 92.7 Å². The predicted molar refractivity (Wildman–Crippen MR) is 63.9 cm³/mol. The van der Waals surface area contributed by atoms with Crippen LogP contribution in [0.4, 0.5) is 0 Å². The van der Waals surface area contributed by atoms with Gasteiger partial charge >= 0.3 is 0 Å². The van der Waals surface area contributed by atoms with Gasteiger partial charge in [0.1, 0.15) is 0 Å². The first-order valence-corrected chi connectivity index (χ1v) is 6.41. The van der Waals surface area contributed by atoms with E-state index in [0.717, 1.165) is 12.5 Å². The zero-order valence-corrected chi connectivity index (χ0v) is 9.78. The largest absolute Gasteiger partial charge is 0.370 e. The number of nitrogens with two attached hydrogens (primary N) is 1. The Morgan fingerprint density at radius 3 is 2.73 bits per heavy atom. The maximum absolute atomic E-state index is 6.10. The van der Waals surface area contributed by atoms with Gasteiger partial charge in [0.05, 0.1) is 6.04 Å².